The van der Waals surface area contributed by atoms with E-state index in [0.717, 1.165) is 54.4 Å². The van der Waals surface area contributed by atoms with Gasteiger partial charge in [0.2, 0.25) is 5.89 Å². The number of likely N-dealkylation sites (N-methyl/N-ethyl adjacent to an activating group) is 1. The average molecular weight is 364 g/mol. The first-order chi connectivity index (χ1) is 11.7. The van der Waals surface area contributed by atoms with Crippen molar-refractivity contribution < 1.29 is 13.9 Å². The Bertz CT molecular complexity index is 788. The van der Waals surface area contributed by atoms with Crippen molar-refractivity contribution in [1.29, 1.82) is 0 Å². The first-order valence-corrected chi connectivity index (χ1v) is 9.05. The summed E-state index contributed by atoms with van der Waals surface area (Å²) >= 11 is 5.42. The highest BCUT2D eigenvalue weighted by molar-refractivity contribution is 7.80. The maximum atomic E-state index is 5.98. The Morgan fingerprint density at radius 3 is 2.64 bits per heavy atom. The van der Waals surface area contributed by atoms with Gasteiger partial charge in [-0.25, -0.2) is 4.98 Å². The van der Waals surface area contributed by atoms with Crippen LogP contribution in [-0.2, 0) is 10.3 Å². The number of rotatable bonds is 2. The van der Waals surface area contributed by atoms with Crippen molar-refractivity contribution in [2.45, 2.75) is 33.1 Å². The summed E-state index contributed by atoms with van der Waals surface area (Å²) in [6.45, 7) is 11.9. The van der Waals surface area contributed by atoms with Crippen LogP contribution in [0.25, 0.3) is 11.1 Å². The molecule has 0 radical (unpaired) electrons. The number of aryl methyl sites for hydroxylation is 1. The van der Waals surface area contributed by atoms with Crippen molar-refractivity contribution in [3.8, 4) is 0 Å². The molecule has 0 unspecified atom stereocenters. The number of hydrogen-bond donors (Lipinski definition) is 2. The minimum Gasteiger partial charge on any atom is -0.440 e. The van der Waals surface area contributed by atoms with Crippen LogP contribution >= 0.6 is 12.2 Å². The van der Waals surface area contributed by atoms with Gasteiger partial charge in [0.05, 0.1) is 0 Å². The number of nitrogens with one attached hydrogen (secondary N) is 2. The zero-order chi connectivity index (χ0) is 18.2. The van der Waals surface area contributed by atoms with Crippen LogP contribution in [0.1, 0.15) is 32.2 Å². The van der Waals surface area contributed by atoms with Crippen molar-refractivity contribution in [2.24, 2.45) is 0 Å². The monoisotopic (exact) mass is 363 g/mol. The van der Waals surface area contributed by atoms with Crippen LogP contribution < -0.4 is 10.6 Å². The molecule has 3 rings (SSSR count). The van der Waals surface area contributed by atoms with E-state index in [1.807, 2.05) is 19.1 Å². The van der Waals surface area contributed by atoms with Gasteiger partial charge in [0.1, 0.15) is 25.7 Å². The lowest BCUT2D eigenvalue weighted by Crippen LogP contribution is -2.57. The third-order valence-corrected chi connectivity index (χ3v) is 4.62. The SMILES string of the molecule is Cc1cc2nc(C(C)(C)C)oc2cc1NC(=S)O[N+]1(C)CCNCC1. The van der Waals surface area contributed by atoms with Gasteiger partial charge in [0, 0.05) is 30.3 Å². The van der Waals surface area contributed by atoms with Gasteiger partial charge in [-0.3, -0.25) is 4.84 Å². The van der Waals surface area contributed by atoms with E-state index >= 15 is 0 Å². The Morgan fingerprint density at radius 2 is 2.00 bits per heavy atom. The molecule has 2 N–H and O–H groups in total. The fraction of sp³-hybridized carbons (Fsp3) is 0.556. The van der Waals surface area contributed by atoms with E-state index in [0.29, 0.717) is 9.82 Å². The number of benzene rings is 1. The Kier molecular flexibility index (Phi) is 4.74. The predicted octanol–water partition coefficient (Wildman–Crippen LogP) is 3.11. The molecule has 0 bridgehead atoms. The summed E-state index contributed by atoms with van der Waals surface area (Å²) in [7, 11) is 2.05. The van der Waals surface area contributed by atoms with Gasteiger partial charge in [-0.2, -0.15) is 0 Å². The number of aromatic nitrogens is 1. The largest absolute Gasteiger partial charge is 0.440 e. The lowest BCUT2D eigenvalue weighted by molar-refractivity contribution is -1.07. The number of thiocarbonyl (C=S) groups is 1. The molecule has 2 heterocycles. The molecule has 1 aromatic carbocycles. The number of hydroxylamine groups is 3. The molecule has 1 aliphatic rings. The standard InChI is InChI=1S/C18H26N4O2S/c1-12-10-14-15(23-16(20-14)18(2,3)4)11-13(12)21-17(25)24-22(5)8-6-19-7-9-22/h10-11,19H,6-9H2,1-5H3/p+1. The van der Waals surface area contributed by atoms with Crippen molar-refractivity contribution in [3.63, 3.8) is 0 Å². The number of nitrogens with zero attached hydrogens (tertiary/aromatic N) is 2. The topological polar surface area (TPSA) is 59.3 Å². The minimum atomic E-state index is -0.125. The number of anilines is 1. The first kappa shape index (κ1) is 18.1. The molecule has 0 spiro atoms. The first-order valence-electron chi connectivity index (χ1n) is 8.64. The molecule has 1 aromatic heterocycles. The number of oxazole rings is 1. The van der Waals surface area contributed by atoms with Gasteiger partial charge in [0.25, 0.3) is 0 Å². The maximum absolute atomic E-state index is 5.98. The van der Waals surface area contributed by atoms with E-state index in [2.05, 4.69) is 43.4 Å². The molecule has 25 heavy (non-hydrogen) atoms. The Morgan fingerprint density at radius 1 is 1.32 bits per heavy atom. The summed E-state index contributed by atoms with van der Waals surface area (Å²) in [5.41, 5.74) is 3.43. The second-order valence-corrected chi connectivity index (χ2v) is 8.27. The summed E-state index contributed by atoms with van der Waals surface area (Å²) in [6, 6.07) is 3.96. The molecular weight excluding hydrogens is 336 g/mol. The Hall–Kier alpha value is -1.70. The van der Waals surface area contributed by atoms with Gasteiger partial charge < -0.3 is 15.1 Å². The van der Waals surface area contributed by atoms with Crippen LogP contribution in [0.2, 0.25) is 0 Å². The van der Waals surface area contributed by atoms with Crippen LogP contribution in [0.5, 0.6) is 0 Å². The molecule has 2 aromatic rings. The molecule has 136 valence electrons. The highest BCUT2D eigenvalue weighted by atomic mass is 32.1. The van der Waals surface area contributed by atoms with Gasteiger partial charge in [0.15, 0.2) is 5.58 Å². The zero-order valence-electron chi connectivity index (χ0n) is 15.6. The van der Waals surface area contributed by atoms with E-state index in [1.54, 1.807) is 0 Å². The van der Waals surface area contributed by atoms with Crippen molar-refractivity contribution in [2.75, 3.05) is 38.5 Å². The highest BCUT2D eigenvalue weighted by Gasteiger charge is 2.29. The summed E-state index contributed by atoms with van der Waals surface area (Å²) < 4.78 is 6.41. The molecule has 0 amide bonds. The number of quaternary nitrogens is 1. The number of hydrogen-bond acceptors (Lipinski definition) is 5. The van der Waals surface area contributed by atoms with Crippen molar-refractivity contribution in [3.05, 3.63) is 23.6 Å². The number of piperazine rings is 1. The second-order valence-electron chi connectivity index (χ2n) is 7.90. The summed E-state index contributed by atoms with van der Waals surface area (Å²) in [6.07, 6.45) is 0. The molecule has 6 nitrogen and oxygen atoms in total. The fourth-order valence-electron chi connectivity index (χ4n) is 2.83. The Balaban J connectivity index is 1.78. The summed E-state index contributed by atoms with van der Waals surface area (Å²) in [5, 5.41) is 6.91. The fourth-order valence-corrected chi connectivity index (χ4v) is 3.12. The van der Waals surface area contributed by atoms with E-state index in [-0.39, 0.29) is 5.41 Å². The maximum Gasteiger partial charge on any atom is 0.326 e. The van der Waals surface area contributed by atoms with Crippen molar-refractivity contribution >= 4 is 34.2 Å². The minimum absolute atomic E-state index is 0.125. The van der Waals surface area contributed by atoms with Crippen molar-refractivity contribution in [1.82, 2.24) is 10.3 Å². The van der Waals surface area contributed by atoms with E-state index < -0.39 is 0 Å². The molecule has 0 saturated carbocycles. The summed E-state index contributed by atoms with van der Waals surface area (Å²) in [5.74, 6) is 0.733. The van der Waals surface area contributed by atoms with Gasteiger partial charge >= 0.3 is 5.17 Å². The van der Waals surface area contributed by atoms with Crippen LogP contribution in [0.4, 0.5) is 5.69 Å². The number of fused-ring (bicyclic) bond motifs is 1. The molecule has 1 aliphatic heterocycles. The zero-order valence-corrected chi connectivity index (χ0v) is 16.4. The van der Waals surface area contributed by atoms with E-state index in [4.69, 9.17) is 21.5 Å². The van der Waals surface area contributed by atoms with Gasteiger partial charge in [-0.1, -0.05) is 20.8 Å². The normalized spacial score (nSPS) is 17.5. The molecule has 1 saturated heterocycles. The van der Waals surface area contributed by atoms with Gasteiger partial charge in [-0.15, -0.1) is 4.65 Å². The van der Waals surface area contributed by atoms with Gasteiger partial charge in [-0.05, 0) is 30.8 Å². The summed E-state index contributed by atoms with van der Waals surface area (Å²) in [4.78, 5) is 10.6. The lowest BCUT2D eigenvalue weighted by Gasteiger charge is -2.34. The third-order valence-electron chi connectivity index (χ3n) is 4.44. The molecule has 7 heteroatoms. The van der Waals surface area contributed by atoms with Crippen LogP contribution in [-0.4, -0.2) is 48.0 Å². The average Bonchev–Trinajstić information content (AvgIpc) is 2.90. The lowest BCUT2D eigenvalue weighted by atomic mass is 9.97. The predicted molar refractivity (Wildman–Crippen MR) is 104 cm³/mol. The van der Waals surface area contributed by atoms with E-state index in [9.17, 15) is 0 Å². The molecule has 0 aliphatic carbocycles. The quantitative estimate of drug-likeness (QED) is 0.632. The Labute approximate surface area is 154 Å². The third kappa shape index (κ3) is 4.11. The van der Waals surface area contributed by atoms with Crippen LogP contribution in [0.3, 0.4) is 0 Å². The smallest absolute Gasteiger partial charge is 0.326 e. The second kappa shape index (κ2) is 6.55. The van der Waals surface area contributed by atoms with Crippen LogP contribution in [0, 0.1) is 6.92 Å². The van der Waals surface area contributed by atoms with Crippen LogP contribution in [0.15, 0.2) is 16.5 Å². The highest BCUT2D eigenvalue weighted by Crippen LogP contribution is 2.29. The van der Waals surface area contributed by atoms with E-state index in [1.165, 1.54) is 0 Å². The molecule has 0 atom stereocenters. The molecular formula is C18H27N4O2S+. The molecule has 1 fully saturated rings.